The van der Waals surface area contributed by atoms with Crippen molar-refractivity contribution >= 4 is 31.9 Å². The molecule has 2 rings (SSSR count). The second-order valence-electron chi connectivity index (χ2n) is 4.69. The van der Waals surface area contributed by atoms with Crippen molar-refractivity contribution in [2.75, 3.05) is 7.11 Å². The van der Waals surface area contributed by atoms with Gasteiger partial charge in [0, 0.05) is 16.9 Å². The summed E-state index contributed by atoms with van der Waals surface area (Å²) in [5, 5.41) is 0. The zero-order valence-electron chi connectivity index (χ0n) is 12.3. The van der Waals surface area contributed by atoms with Gasteiger partial charge in [0.05, 0.1) is 19.6 Å². The van der Waals surface area contributed by atoms with Crippen LogP contribution in [-0.2, 0) is 19.6 Å². The number of halogens is 1. The van der Waals surface area contributed by atoms with E-state index in [0.29, 0.717) is 5.56 Å². The van der Waals surface area contributed by atoms with Gasteiger partial charge in [-0.1, -0.05) is 28.1 Å². The molecule has 2 aromatic rings. The molecular formula is C15H15BrN2O4S. The van der Waals surface area contributed by atoms with E-state index in [-0.39, 0.29) is 11.3 Å². The Bertz CT molecular complexity index is 764. The molecule has 0 radical (unpaired) electrons. The lowest BCUT2D eigenvalue weighted by Gasteiger charge is -2.18. The number of nitrogens with zero attached hydrogens (tertiary/aromatic N) is 1. The number of ether oxygens (including phenoxy) is 1. The molecule has 0 amide bonds. The predicted octanol–water partition coefficient (Wildman–Crippen LogP) is 2.43. The second kappa shape index (κ2) is 7.67. The number of carbonyl (C=O) groups is 1. The Hall–Kier alpha value is -1.77. The SMILES string of the molecule is COC(=O)CC(NS(=O)(=O)c1cccnc1)c1ccc(Br)cc1. The monoisotopic (exact) mass is 398 g/mol. The van der Waals surface area contributed by atoms with E-state index in [1.54, 1.807) is 24.3 Å². The fourth-order valence-corrected chi connectivity index (χ4v) is 3.39. The Morgan fingerprint density at radius 2 is 2.00 bits per heavy atom. The summed E-state index contributed by atoms with van der Waals surface area (Å²) in [5.74, 6) is -0.508. The molecule has 1 heterocycles. The van der Waals surface area contributed by atoms with Crippen LogP contribution in [0.1, 0.15) is 18.0 Å². The van der Waals surface area contributed by atoms with Crippen LogP contribution in [0.3, 0.4) is 0 Å². The number of nitrogens with one attached hydrogen (secondary N) is 1. The molecule has 0 saturated heterocycles. The maximum absolute atomic E-state index is 12.4. The summed E-state index contributed by atoms with van der Waals surface area (Å²) in [7, 11) is -2.54. The van der Waals surface area contributed by atoms with E-state index < -0.39 is 22.0 Å². The lowest BCUT2D eigenvalue weighted by atomic mass is 10.1. The quantitative estimate of drug-likeness (QED) is 0.755. The van der Waals surface area contributed by atoms with Crippen molar-refractivity contribution in [2.24, 2.45) is 0 Å². The van der Waals surface area contributed by atoms with Crippen LogP contribution in [0.25, 0.3) is 0 Å². The summed E-state index contributed by atoms with van der Waals surface area (Å²) in [5.41, 5.74) is 0.658. The molecule has 1 aromatic heterocycles. The highest BCUT2D eigenvalue weighted by Crippen LogP contribution is 2.22. The van der Waals surface area contributed by atoms with Gasteiger partial charge in [0.25, 0.3) is 0 Å². The number of esters is 1. The minimum absolute atomic E-state index is 0.0342. The van der Waals surface area contributed by atoms with Crippen molar-refractivity contribution < 1.29 is 17.9 Å². The summed E-state index contributed by atoms with van der Waals surface area (Å²) in [6.07, 6.45) is 2.62. The predicted molar refractivity (Wildman–Crippen MR) is 88.1 cm³/mol. The highest BCUT2D eigenvalue weighted by molar-refractivity contribution is 9.10. The summed E-state index contributed by atoms with van der Waals surface area (Å²) in [6.45, 7) is 0. The first kappa shape index (κ1) is 17.6. The molecule has 0 spiro atoms. The maximum Gasteiger partial charge on any atom is 0.307 e. The molecule has 1 N–H and O–H groups in total. The highest BCUT2D eigenvalue weighted by Gasteiger charge is 2.24. The van der Waals surface area contributed by atoms with Crippen LogP contribution in [0.2, 0.25) is 0 Å². The molecule has 23 heavy (non-hydrogen) atoms. The minimum Gasteiger partial charge on any atom is -0.469 e. The molecular weight excluding hydrogens is 384 g/mol. The minimum atomic E-state index is -3.80. The van der Waals surface area contributed by atoms with Crippen molar-refractivity contribution in [2.45, 2.75) is 17.4 Å². The van der Waals surface area contributed by atoms with Gasteiger partial charge in [-0.3, -0.25) is 9.78 Å². The lowest BCUT2D eigenvalue weighted by molar-refractivity contribution is -0.141. The van der Waals surface area contributed by atoms with Crippen LogP contribution in [0.15, 0.2) is 58.2 Å². The number of rotatable bonds is 6. The summed E-state index contributed by atoms with van der Waals surface area (Å²) < 4.78 is 32.9. The first-order chi connectivity index (χ1) is 10.9. The molecule has 1 unspecified atom stereocenters. The van der Waals surface area contributed by atoms with Gasteiger partial charge in [0.15, 0.2) is 0 Å². The summed E-state index contributed by atoms with van der Waals surface area (Å²) >= 11 is 3.32. The van der Waals surface area contributed by atoms with E-state index in [4.69, 9.17) is 0 Å². The molecule has 122 valence electrons. The van der Waals surface area contributed by atoms with E-state index >= 15 is 0 Å². The second-order valence-corrected chi connectivity index (χ2v) is 7.32. The van der Waals surface area contributed by atoms with Crippen molar-refractivity contribution in [1.82, 2.24) is 9.71 Å². The van der Waals surface area contributed by atoms with Crippen LogP contribution in [0, 0.1) is 0 Å². The molecule has 0 aliphatic heterocycles. The standard InChI is InChI=1S/C15H15BrN2O4S/c1-22-15(19)9-14(11-4-6-12(16)7-5-11)18-23(20,21)13-3-2-8-17-10-13/h2-8,10,14,18H,9H2,1H3. The maximum atomic E-state index is 12.4. The van der Waals surface area contributed by atoms with Crippen LogP contribution in [0.5, 0.6) is 0 Å². The lowest BCUT2D eigenvalue weighted by Crippen LogP contribution is -2.30. The van der Waals surface area contributed by atoms with Crippen LogP contribution in [-0.4, -0.2) is 26.5 Å². The molecule has 0 aliphatic carbocycles. The topological polar surface area (TPSA) is 85.4 Å². The molecule has 1 atom stereocenters. The fraction of sp³-hybridized carbons (Fsp3) is 0.200. The molecule has 8 heteroatoms. The van der Waals surface area contributed by atoms with E-state index in [1.165, 1.54) is 31.6 Å². The molecule has 0 aliphatic rings. The number of aromatic nitrogens is 1. The summed E-state index contributed by atoms with van der Waals surface area (Å²) in [4.78, 5) is 15.4. The number of sulfonamides is 1. The first-order valence-corrected chi connectivity index (χ1v) is 8.94. The Kier molecular flexibility index (Phi) is 5.86. The number of methoxy groups -OCH3 is 1. The van der Waals surface area contributed by atoms with E-state index in [2.05, 4.69) is 30.4 Å². The number of carbonyl (C=O) groups excluding carboxylic acids is 1. The van der Waals surface area contributed by atoms with Crippen molar-refractivity contribution in [3.63, 3.8) is 0 Å². The smallest absolute Gasteiger partial charge is 0.307 e. The van der Waals surface area contributed by atoms with Crippen LogP contribution >= 0.6 is 15.9 Å². The van der Waals surface area contributed by atoms with Crippen molar-refractivity contribution in [3.8, 4) is 0 Å². The van der Waals surface area contributed by atoms with E-state index in [9.17, 15) is 13.2 Å². The van der Waals surface area contributed by atoms with Gasteiger partial charge in [0.2, 0.25) is 10.0 Å². The van der Waals surface area contributed by atoms with Gasteiger partial charge in [0.1, 0.15) is 4.90 Å². The van der Waals surface area contributed by atoms with E-state index in [1.807, 2.05) is 0 Å². The Morgan fingerprint density at radius 3 is 2.57 bits per heavy atom. The van der Waals surface area contributed by atoms with Crippen LogP contribution < -0.4 is 4.72 Å². The zero-order valence-corrected chi connectivity index (χ0v) is 14.7. The molecule has 6 nitrogen and oxygen atoms in total. The fourth-order valence-electron chi connectivity index (χ4n) is 1.93. The van der Waals surface area contributed by atoms with Crippen LogP contribution in [0.4, 0.5) is 0 Å². The van der Waals surface area contributed by atoms with Gasteiger partial charge >= 0.3 is 5.97 Å². The highest BCUT2D eigenvalue weighted by atomic mass is 79.9. The zero-order chi connectivity index (χ0) is 16.9. The average Bonchev–Trinajstić information content (AvgIpc) is 2.55. The van der Waals surface area contributed by atoms with Gasteiger partial charge in [-0.05, 0) is 29.8 Å². The first-order valence-electron chi connectivity index (χ1n) is 6.67. The van der Waals surface area contributed by atoms with Crippen molar-refractivity contribution in [1.29, 1.82) is 0 Å². The average molecular weight is 399 g/mol. The van der Waals surface area contributed by atoms with Gasteiger partial charge in [-0.15, -0.1) is 0 Å². The number of pyridine rings is 1. The normalized spacial score (nSPS) is 12.6. The Morgan fingerprint density at radius 1 is 1.30 bits per heavy atom. The number of hydrogen-bond donors (Lipinski definition) is 1. The Balaban J connectivity index is 2.30. The third-order valence-corrected chi connectivity index (χ3v) is 5.10. The molecule has 0 saturated carbocycles. The molecule has 0 fully saturated rings. The Labute approximate surface area is 143 Å². The van der Waals surface area contributed by atoms with Gasteiger partial charge in [-0.2, -0.15) is 0 Å². The van der Waals surface area contributed by atoms with Crippen molar-refractivity contribution in [3.05, 3.63) is 58.8 Å². The number of benzene rings is 1. The third kappa shape index (κ3) is 4.85. The summed E-state index contributed by atoms with van der Waals surface area (Å²) in [6, 6.07) is 9.26. The number of hydrogen-bond acceptors (Lipinski definition) is 5. The molecule has 1 aromatic carbocycles. The van der Waals surface area contributed by atoms with Gasteiger partial charge < -0.3 is 4.74 Å². The largest absolute Gasteiger partial charge is 0.469 e. The van der Waals surface area contributed by atoms with E-state index in [0.717, 1.165) is 4.47 Å². The van der Waals surface area contributed by atoms with Gasteiger partial charge in [-0.25, -0.2) is 13.1 Å². The molecule has 0 bridgehead atoms. The third-order valence-electron chi connectivity index (χ3n) is 3.11.